The molecule has 0 aliphatic carbocycles. The largest absolute Gasteiger partial charge is 0.412 e. The molecule has 0 bridgehead atoms. The highest BCUT2D eigenvalue weighted by atomic mass is 19.4. The third-order valence-corrected chi connectivity index (χ3v) is 2.88. The standard InChI is InChI=1S/C12H12F3N/c1-8-4-3-5-10-9(8)6-7-11(16(10)2)12(13,14)15/h3-7,11H,1-2H3. The Balaban J connectivity index is 2.48. The van der Waals surface area contributed by atoms with Gasteiger partial charge in [0.2, 0.25) is 0 Å². The van der Waals surface area contributed by atoms with E-state index in [1.807, 2.05) is 13.0 Å². The summed E-state index contributed by atoms with van der Waals surface area (Å²) in [5, 5.41) is 0. The molecule has 1 heterocycles. The average molecular weight is 227 g/mol. The maximum Gasteiger partial charge on any atom is 0.412 e. The summed E-state index contributed by atoms with van der Waals surface area (Å²) in [5.41, 5.74) is 2.48. The van der Waals surface area contributed by atoms with Gasteiger partial charge in [0, 0.05) is 18.3 Å². The number of hydrogen-bond acceptors (Lipinski definition) is 1. The molecule has 0 aromatic heterocycles. The number of nitrogens with zero attached hydrogens (tertiary/aromatic N) is 1. The molecule has 1 atom stereocenters. The Morgan fingerprint density at radius 1 is 1.25 bits per heavy atom. The summed E-state index contributed by atoms with van der Waals surface area (Å²) < 4.78 is 38.1. The van der Waals surface area contributed by atoms with Gasteiger partial charge in [-0.1, -0.05) is 24.3 Å². The van der Waals surface area contributed by atoms with E-state index in [9.17, 15) is 13.2 Å². The van der Waals surface area contributed by atoms with Crippen LogP contribution in [0.3, 0.4) is 0 Å². The third kappa shape index (κ3) is 1.68. The fourth-order valence-electron chi connectivity index (χ4n) is 1.98. The van der Waals surface area contributed by atoms with Gasteiger partial charge in [0.25, 0.3) is 0 Å². The van der Waals surface area contributed by atoms with E-state index >= 15 is 0 Å². The number of rotatable bonds is 0. The molecule has 0 saturated carbocycles. The van der Waals surface area contributed by atoms with Gasteiger partial charge in [-0.25, -0.2) is 0 Å². The smallest absolute Gasteiger partial charge is 0.359 e. The SMILES string of the molecule is Cc1cccc2c1C=CC(C(F)(F)F)N2C. The van der Waals surface area contributed by atoms with E-state index in [0.29, 0.717) is 5.69 Å². The zero-order valence-corrected chi connectivity index (χ0v) is 9.05. The first-order chi connectivity index (χ1) is 7.41. The minimum Gasteiger partial charge on any atom is -0.359 e. The van der Waals surface area contributed by atoms with Crippen molar-refractivity contribution in [2.45, 2.75) is 19.1 Å². The topological polar surface area (TPSA) is 3.24 Å². The number of halogens is 3. The minimum atomic E-state index is -4.23. The number of alkyl halides is 3. The Bertz CT molecular complexity index is 434. The van der Waals surface area contributed by atoms with E-state index in [-0.39, 0.29) is 0 Å². The van der Waals surface area contributed by atoms with Crippen LogP contribution in [-0.2, 0) is 0 Å². The lowest BCUT2D eigenvalue weighted by molar-refractivity contribution is -0.137. The van der Waals surface area contributed by atoms with Crippen molar-refractivity contribution in [1.29, 1.82) is 0 Å². The van der Waals surface area contributed by atoms with Gasteiger partial charge in [0.1, 0.15) is 6.04 Å². The van der Waals surface area contributed by atoms with Crippen molar-refractivity contribution >= 4 is 11.8 Å². The number of aryl methyl sites for hydroxylation is 1. The van der Waals surface area contributed by atoms with Gasteiger partial charge in [-0.05, 0) is 18.6 Å². The molecule has 0 amide bonds. The van der Waals surface area contributed by atoms with E-state index < -0.39 is 12.2 Å². The second-order valence-electron chi connectivity index (χ2n) is 3.96. The van der Waals surface area contributed by atoms with Crippen LogP contribution in [-0.4, -0.2) is 19.3 Å². The minimum absolute atomic E-state index is 0.629. The van der Waals surface area contributed by atoms with Crippen LogP contribution in [0, 0.1) is 6.92 Å². The van der Waals surface area contributed by atoms with E-state index in [4.69, 9.17) is 0 Å². The molecule has 1 aromatic carbocycles. The lowest BCUT2D eigenvalue weighted by atomic mass is 9.99. The Morgan fingerprint density at radius 3 is 2.56 bits per heavy atom. The van der Waals surface area contributed by atoms with Crippen LogP contribution in [0.15, 0.2) is 24.3 Å². The summed E-state index contributed by atoms with van der Waals surface area (Å²) in [6.07, 6.45) is -1.47. The van der Waals surface area contributed by atoms with Crippen LogP contribution in [0.25, 0.3) is 6.08 Å². The molecule has 86 valence electrons. The molecule has 0 N–H and O–H groups in total. The molecule has 16 heavy (non-hydrogen) atoms. The zero-order valence-electron chi connectivity index (χ0n) is 9.05. The van der Waals surface area contributed by atoms with Crippen molar-refractivity contribution in [3.8, 4) is 0 Å². The predicted octanol–water partition coefficient (Wildman–Crippen LogP) is 3.39. The van der Waals surface area contributed by atoms with E-state index in [1.54, 1.807) is 18.2 Å². The van der Waals surface area contributed by atoms with Gasteiger partial charge in [-0.2, -0.15) is 13.2 Å². The molecule has 1 unspecified atom stereocenters. The highest BCUT2D eigenvalue weighted by molar-refractivity contribution is 5.74. The van der Waals surface area contributed by atoms with E-state index in [0.717, 1.165) is 11.1 Å². The second-order valence-corrected chi connectivity index (χ2v) is 3.96. The summed E-state index contributed by atoms with van der Waals surface area (Å²) >= 11 is 0. The van der Waals surface area contributed by atoms with Crippen LogP contribution in [0.1, 0.15) is 11.1 Å². The molecule has 0 saturated heterocycles. The first-order valence-corrected chi connectivity index (χ1v) is 4.98. The van der Waals surface area contributed by atoms with Gasteiger partial charge in [-0.3, -0.25) is 0 Å². The summed E-state index contributed by atoms with van der Waals surface area (Å²) in [6, 6.07) is 3.86. The monoisotopic (exact) mass is 227 g/mol. The van der Waals surface area contributed by atoms with Crippen LogP contribution < -0.4 is 4.90 Å². The van der Waals surface area contributed by atoms with Gasteiger partial charge in [0.05, 0.1) is 0 Å². The molecular formula is C12H12F3N. The van der Waals surface area contributed by atoms with Crippen molar-refractivity contribution in [1.82, 2.24) is 0 Å². The summed E-state index contributed by atoms with van der Waals surface area (Å²) in [5.74, 6) is 0. The molecule has 0 spiro atoms. The summed E-state index contributed by atoms with van der Waals surface area (Å²) in [4.78, 5) is 1.27. The molecule has 0 radical (unpaired) electrons. The highest BCUT2D eigenvalue weighted by Crippen LogP contribution is 2.36. The fraction of sp³-hybridized carbons (Fsp3) is 0.333. The maximum absolute atomic E-state index is 12.7. The second kappa shape index (κ2) is 3.54. The predicted molar refractivity (Wildman–Crippen MR) is 58.5 cm³/mol. The molecule has 1 aliphatic rings. The number of fused-ring (bicyclic) bond motifs is 1. The maximum atomic E-state index is 12.7. The Morgan fingerprint density at radius 2 is 1.94 bits per heavy atom. The molecule has 1 aromatic rings. The normalized spacial score (nSPS) is 19.8. The lowest BCUT2D eigenvalue weighted by Gasteiger charge is -2.34. The number of benzene rings is 1. The van der Waals surface area contributed by atoms with Crippen molar-refractivity contribution in [3.63, 3.8) is 0 Å². The van der Waals surface area contributed by atoms with Crippen molar-refractivity contribution in [2.24, 2.45) is 0 Å². The summed E-state index contributed by atoms with van der Waals surface area (Å²) in [7, 11) is 1.47. The quantitative estimate of drug-likeness (QED) is 0.656. The van der Waals surface area contributed by atoms with Gasteiger partial charge in [0.15, 0.2) is 0 Å². The lowest BCUT2D eigenvalue weighted by Crippen LogP contribution is -2.43. The first kappa shape index (κ1) is 11.0. The van der Waals surface area contributed by atoms with Gasteiger partial charge >= 0.3 is 6.18 Å². The third-order valence-electron chi connectivity index (χ3n) is 2.88. The molecular weight excluding hydrogens is 215 g/mol. The molecule has 0 fully saturated rings. The Hall–Kier alpha value is -1.45. The molecule has 1 aliphatic heterocycles. The van der Waals surface area contributed by atoms with Gasteiger partial charge in [-0.15, -0.1) is 0 Å². The van der Waals surface area contributed by atoms with E-state index in [1.165, 1.54) is 18.0 Å². The van der Waals surface area contributed by atoms with Crippen molar-refractivity contribution in [3.05, 3.63) is 35.4 Å². The molecule has 2 rings (SSSR count). The highest BCUT2D eigenvalue weighted by Gasteiger charge is 2.42. The summed E-state index contributed by atoms with van der Waals surface area (Å²) in [6.45, 7) is 1.89. The van der Waals surface area contributed by atoms with Crippen LogP contribution in [0.2, 0.25) is 0 Å². The van der Waals surface area contributed by atoms with Crippen LogP contribution in [0.4, 0.5) is 18.9 Å². The Labute approximate surface area is 92.2 Å². The van der Waals surface area contributed by atoms with Crippen molar-refractivity contribution < 1.29 is 13.2 Å². The number of likely N-dealkylation sites (N-methyl/N-ethyl adjacent to an activating group) is 1. The average Bonchev–Trinajstić information content (AvgIpc) is 2.18. The first-order valence-electron chi connectivity index (χ1n) is 4.98. The van der Waals surface area contributed by atoms with Crippen molar-refractivity contribution in [2.75, 3.05) is 11.9 Å². The molecule has 1 nitrogen and oxygen atoms in total. The fourth-order valence-corrected chi connectivity index (χ4v) is 1.98. The van der Waals surface area contributed by atoms with Gasteiger partial charge < -0.3 is 4.90 Å². The molecule has 4 heteroatoms. The zero-order chi connectivity index (χ0) is 11.9. The van der Waals surface area contributed by atoms with E-state index in [2.05, 4.69) is 0 Å². The van der Waals surface area contributed by atoms with Crippen LogP contribution >= 0.6 is 0 Å². The Kier molecular flexibility index (Phi) is 2.45. The number of hydrogen-bond donors (Lipinski definition) is 0. The van der Waals surface area contributed by atoms with Crippen LogP contribution in [0.5, 0.6) is 0 Å². The number of anilines is 1.